The Morgan fingerprint density at radius 3 is 2.20 bits per heavy atom. The van der Waals surface area contributed by atoms with E-state index in [4.69, 9.17) is 5.73 Å². The Labute approximate surface area is 114 Å². The lowest BCUT2D eigenvalue weighted by Crippen LogP contribution is -2.30. The van der Waals surface area contributed by atoms with Gasteiger partial charge in [-0.3, -0.25) is 0 Å². The van der Waals surface area contributed by atoms with Crippen molar-refractivity contribution in [1.82, 2.24) is 0 Å². The fraction of sp³-hybridized carbons (Fsp3) is 0.200. The Hall–Kier alpha value is -1.85. The summed E-state index contributed by atoms with van der Waals surface area (Å²) in [6, 6.07) is 9.01. The van der Waals surface area contributed by atoms with Gasteiger partial charge in [0.15, 0.2) is 11.6 Å². The first-order chi connectivity index (χ1) is 9.50. The maximum Gasteiger partial charge on any atom is 0.166 e. The predicted octanol–water partition coefficient (Wildman–Crippen LogP) is 2.71. The van der Waals surface area contributed by atoms with Crippen molar-refractivity contribution in [2.45, 2.75) is 18.6 Å². The smallest absolute Gasteiger partial charge is 0.166 e. The molecule has 2 aromatic rings. The summed E-state index contributed by atoms with van der Waals surface area (Å²) in [5.74, 6) is -3.52. The third-order valence-electron chi connectivity index (χ3n) is 3.11. The predicted molar refractivity (Wildman–Crippen MR) is 69.4 cm³/mol. The molecular formula is C15H14F3NO. The van der Waals surface area contributed by atoms with Crippen LogP contribution in [0.3, 0.4) is 0 Å². The lowest BCUT2D eigenvalue weighted by atomic mass is 9.96. The van der Waals surface area contributed by atoms with Crippen molar-refractivity contribution >= 4 is 0 Å². The van der Waals surface area contributed by atoms with Crippen molar-refractivity contribution in [2.75, 3.05) is 0 Å². The first kappa shape index (κ1) is 14.6. The SMILES string of the molecule is N[C@@H](c1c(F)ccc(F)c1F)[C@H](O)Cc1ccccc1. The highest BCUT2D eigenvalue weighted by Crippen LogP contribution is 2.25. The van der Waals surface area contributed by atoms with Crippen molar-refractivity contribution in [3.63, 3.8) is 0 Å². The third-order valence-corrected chi connectivity index (χ3v) is 3.11. The molecule has 3 N–H and O–H groups in total. The highest BCUT2D eigenvalue weighted by molar-refractivity contribution is 5.26. The maximum absolute atomic E-state index is 13.6. The number of hydrogen-bond donors (Lipinski definition) is 2. The van der Waals surface area contributed by atoms with Crippen LogP contribution in [0.15, 0.2) is 42.5 Å². The molecule has 0 aliphatic heterocycles. The zero-order valence-electron chi connectivity index (χ0n) is 10.6. The molecule has 5 heteroatoms. The Balaban J connectivity index is 2.23. The van der Waals surface area contributed by atoms with Crippen LogP contribution in [0.1, 0.15) is 17.2 Å². The van der Waals surface area contributed by atoms with Crippen molar-refractivity contribution in [1.29, 1.82) is 0 Å². The molecule has 0 aliphatic rings. The second-order valence-electron chi connectivity index (χ2n) is 4.54. The number of nitrogens with two attached hydrogens (primary N) is 1. The average Bonchev–Trinajstić information content (AvgIpc) is 2.44. The van der Waals surface area contributed by atoms with Crippen LogP contribution in [-0.2, 0) is 6.42 Å². The molecule has 0 heterocycles. The highest BCUT2D eigenvalue weighted by Gasteiger charge is 2.25. The summed E-state index contributed by atoms with van der Waals surface area (Å²) in [7, 11) is 0. The normalized spacial score (nSPS) is 14.1. The van der Waals surface area contributed by atoms with Crippen LogP contribution in [0.25, 0.3) is 0 Å². The van der Waals surface area contributed by atoms with Gasteiger partial charge in [-0.25, -0.2) is 13.2 Å². The molecule has 0 aliphatic carbocycles. The van der Waals surface area contributed by atoms with E-state index in [1.807, 2.05) is 6.07 Å². The van der Waals surface area contributed by atoms with Gasteiger partial charge in [-0.1, -0.05) is 30.3 Å². The Kier molecular flexibility index (Phi) is 4.42. The van der Waals surface area contributed by atoms with Gasteiger partial charge >= 0.3 is 0 Å². The van der Waals surface area contributed by atoms with Gasteiger partial charge in [0.05, 0.1) is 12.1 Å². The number of aliphatic hydroxyl groups is 1. The van der Waals surface area contributed by atoms with E-state index in [2.05, 4.69) is 0 Å². The molecule has 0 unspecified atom stereocenters. The van der Waals surface area contributed by atoms with Gasteiger partial charge in [0.25, 0.3) is 0 Å². The van der Waals surface area contributed by atoms with Gasteiger partial charge in [0.1, 0.15) is 5.82 Å². The molecule has 2 nitrogen and oxygen atoms in total. The number of hydrogen-bond acceptors (Lipinski definition) is 2. The van der Waals surface area contributed by atoms with E-state index in [0.717, 1.165) is 11.6 Å². The number of rotatable bonds is 4. The minimum absolute atomic E-state index is 0.122. The van der Waals surface area contributed by atoms with Crippen molar-refractivity contribution in [3.05, 3.63) is 71.0 Å². The largest absolute Gasteiger partial charge is 0.391 e. The molecule has 0 amide bonds. The van der Waals surface area contributed by atoms with Crippen LogP contribution >= 0.6 is 0 Å². The van der Waals surface area contributed by atoms with E-state index in [9.17, 15) is 18.3 Å². The second-order valence-corrected chi connectivity index (χ2v) is 4.54. The van der Waals surface area contributed by atoms with Crippen LogP contribution in [-0.4, -0.2) is 11.2 Å². The molecule has 0 saturated carbocycles. The van der Waals surface area contributed by atoms with E-state index in [0.29, 0.717) is 6.07 Å². The molecular weight excluding hydrogens is 267 g/mol. The number of benzene rings is 2. The minimum atomic E-state index is -1.36. The van der Waals surface area contributed by atoms with E-state index < -0.39 is 35.2 Å². The van der Waals surface area contributed by atoms with Crippen molar-refractivity contribution in [3.8, 4) is 0 Å². The summed E-state index contributed by atoms with van der Waals surface area (Å²) in [4.78, 5) is 0. The standard InChI is InChI=1S/C15H14F3NO/c16-10-6-7-11(17)14(18)13(10)15(19)12(20)8-9-4-2-1-3-5-9/h1-7,12,15,20H,8,19H2/t12-,15-/m1/s1. The van der Waals surface area contributed by atoms with Crippen LogP contribution in [0.2, 0.25) is 0 Å². The van der Waals surface area contributed by atoms with Crippen LogP contribution in [0, 0.1) is 17.5 Å². The van der Waals surface area contributed by atoms with Crippen molar-refractivity contribution in [2.24, 2.45) is 5.73 Å². The molecule has 20 heavy (non-hydrogen) atoms. The number of aliphatic hydroxyl groups excluding tert-OH is 1. The Morgan fingerprint density at radius 2 is 1.55 bits per heavy atom. The molecule has 0 radical (unpaired) electrons. The Bertz CT molecular complexity index is 589. The molecule has 2 atom stereocenters. The topological polar surface area (TPSA) is 46.2 Å². The average molecular weight is 281 g/mol. The molecule has 0 fully saturated rings. The van der Waals surface area contributed by atoms with Gasteiger partial charge in [-0.05, 0) is 17.7 Å². The van der Waals surface area contributed by atoms with Gasteiger partial charge in [0, 0.05) is 12.0 Å². The Morgan fingerprint density at radius 1 is 0.950 bits per heavy atom. The van der Waals surface area contributed by atoms with Crippen LogP contribution in [0.4, 0.5) is 13.2 Å². The fourth-order valence-electron chi connectivity index (χ4n) is 2.02. The van der Waals surface area contributed by atoms with Crippen LogP contribution in [0.5, 0.6) is 0 Å². The molecule has 106 valence electrons. The summed E-state index contributed by atoms with van der Waals surface area (Å²) in [5, 5.41) is 9.98. The first-order valence-electron chi connectivity index (χ1n) is 6.11. The minimum Gasteiger partial charge on any atom is -0.391 e. The quantitative estimate of drug-likeness (QED) is 0.846. The first-order valence-corrected chi connectivity index (χ1v) is 6.11. The third kappa shape index (κ3) is 3.00. The van der Waals surface area contributed by atoms with Gasteiger partial charge < -0.3 is 10.8 Å². The molecule has 2 rings (SSSR count). The summed E-state index contributed by atoms with van der Waals surface area (Å²) in [5.41, 5.74) is 5.80. The monoisotopic (exact) mass is 281 g/mol. The maximum atomic E-state index is 13.6. The van der Waals surface area contributed by atoms with E-state index in [-0.39, 0.29) is 6.42 Å². The van der Waals surface area contributed by atoms with E-state index in [1.54, 1.807) is 24.3 Å². The zero-order valence-corrected chi connectivity index (χ0v) is 10.6. The second kappa shape index (κ2) is 6.07. The summed E-state index contributed by atoms with van der Waals surface area (Å²) in [6.45, 7) is 0. The summed E-state index contributed by atoms with van der Waals surface area (Å²) in [6.07, 6.45) is -1.10. The zero-order chi connectivity index (χ0) is 14.7. The van der Waals surface area contributed by atoms with E-state index >= 15 is 0 Å². The molecule has 0 spiro atoms. The van der Waals surface area contributed by atoms with Gasteiger partial charge in [-0.15, -0.1) is 0 Å². The molecule has 0 bridgehead atoms. The fourth-order valence-corrected chi connectivity index (χ4v) is 2.02. The van der Waals surface area contributed by atoms with E-state index in [1.165, 1.54) is 0 Å². The summed E-state index contributed by atoms with van der Waals surface area (Å²) < 4.78 is 40.3. The molecule has 0 aromatic heterocycles. The van der Waals surface area contributed by atoms with Gasteiger partial charge in [-0.2, -0.15) is 0 Å². The summed E-state index contributed by atoms with van der Waals surface area (Å²) >= 11 is 0. The van der Waals surface area contributed by atoms with Gasteiger partial charge in [0.2, 0.25) is 0 Å². The highest BCUT2D eigenvalue weighted by atomic mass is 19.2. The molecule has 2 aromatic carbocycles. The lowest BCUT2D eigenvalue weighted by molar-refractivity contribution is 0.141. The number of halogens is 3. The lowest BCUT2D eigenvalue weighted by Gasteiger charge is -2.20. The van der Waals surface area contributed by atoms with Crippen LogP contribution < -0.4 is 5.73 Å². The molecule has 0 saturated heterocycles. The van der Waals surface area contributed by atoms with Crippen molar-refractivity contribution < 1.29 is 18.3 Å².